The first kappa shape index (κ1) is 32.7. The lowest BCUT2D eigenvalue weighted by molar-refractivity contribution is 0.100. The molecule has 2 fully saturated rings. The summed E-state index contributed by atoms with van der Waals surface area (Å²) in [5, 5.41) is 0.930. The number of fused-ring (bicyclic) bond motifs is 1. The molecule has 0 spiro atoms. The third-order valence-electron chi connectivity index (χ3n) is 8.15. The monoisotopic (exact) mass is 559 g/mol. The lowest BCUT2D eigenvalue weighted by Gasteiger charge is -2.38. The molecule has 1 aliphatic heterocycles. The minimum Gasteiger partial charge on any atom is -0.366 e. The van der Waals surface area contributed by atoms with Crippen molar-refractivity contribution in [2.24, 2.45) is 17.4 Å². The van der Waals surface area contributed by atoms with Crippen LogP contribution in [0.4, 0.5) is 5.82 Å². The molecule has 0 radical (unpaired) electrons. The van der Waals surface area contributed by atoms with Gasteiger partial charge >= 0.3 is 0 Å². The van der Waals surface area contributed by atoms with E-state index in [9.17, 15) is 4.79 Å². The van der Waals surface area contributed by atoms with Gasteiger partial charge in [-0.05, 0) is 77.2 Å². The van der Waals surface area contributed by atoms with E-state index in [0.29, 0.717) is 12.1 Å². The van der Waals surface area contributed by atoms with E-state index in [4.69, 9.17) is 16.5 Å². The van der Waals surface area contributed by atoms with E-state index in [1.165, 1.54) is 31.2 Å². The van der Waals surface area contributed by atoms with Gasteiger partial charge in [-0.3, -0.25) is 4.79 Å². The Morgan fingerprint density at radius 3 is 2.31 bits per heavy atom. The van der Waals surface area contributed by atoms with Crippen molar-refractivity contribution in [1.82, 2.24) is 9.88 Å². The van der Waals surface area contributed by atoms with Gasteiger partial charge in [-0.15, -0.1) is 37.2 Å². The molecule has 0 unspecified atom stereocenters. The summed E-state index contributed by atoms with van der Waals surface area (Å²) in [5.74, 6) is 1.31. The van der Waals surface area contributed by atoms with Gasteiger partial charge in [0.2, 0.25) is 5.91 Å². The van der Waals surface area contributed by atoms with Gasteiger partial charge < -0.3 is 21.3 Å². The Labute approximate surface area is 235 Å². The van der Waals surface area contributed by atoms with Crippen LogP contribution < -0.4 is 16.4 Å². The Balaban J connectivity index is 0.00000216. The predicted octanol–water partition coefficient (Wildman–Crippen LogP) is 5.24. The van der Waals surface area contributed by atoms with E-state index >= 15 is 0 Å². The average Bonchev–Trinajstić information content (AvgIpc) is 2.82. The van der Waals surface area contributed by atoms with Crippen molar-refractivity contribution in [2.75, 3.05) is 45.2 Å². The van der Waals surface area contributed by atoms with Crippen LogP contribution >= 0.6 is 37.2 Å². The van der Waals surface area contributed by atoms with Gasteiger partial charge in [-0.2, -0.15) is 0 Å². The number of aromatic nitrogens is 1. The highest BCUT2D eigenvalue weighted by molar-refractivity contribution is 6.09. The maximum Gasteiger partial charge on any atom is 0.249 e. The van der Waals surface area contributed by atoms with E-state index in [1.54, 1.807) is 0 Å². The number of benzene rings is 1. The third kappa shape index (κ3) is 6.57. The zero-order chi connectivity index (χ0) is 23.6. The van der Waals surface area contributed by atoms with E-state index < -0.39 is 0 Å². The van der Waals surface area contributed by atoms with Gasteiger partial charge in [0.25, 0.3) is 0 Å². The molecule has 0 atom stereocenters. The Morgan fingerprint density at radius 2 is 1.75 bits per heavy atom. The van der Waals surface area contributed by atoms with Crippen LogP contribution in [0.15, 0.2) is 18.2 Å². The lowest BCUT2D eigenvalue weighted by Crippen LogP contribution is -2.38. The third-order valence-corrected chi connectivity index (χ3v) is 8.15. The highest BCUT2D eigenvalue weighted by Crippen LogP contribution is 2.43. The number of pyridine rings is 1. The van der Waals surface area contributed by atoms with Crippen LogP contribution in [0.5, 0.6) is 0 Å². The molecule has 1 aromatic heterocycles. The molecule has 1 aromatic carbocycles. The average molecular weight is 561 g/mol. The van der Waals surface area contributed by atoms with Crippen LogP contribution in [0, 0.1) is 12.8 Å². The topological polar surface area (TPSA) is 88.5 Å². The maximum absolute atomic E-state index is 12.8. The zero-order valence-corrected chi connectivity index (χ0v) is 24.4. The normalized spacial score (nSPS) is 17.8. The van der Waals surface area contributed by atoms with E-state index in [1.807, 2.05) is 13.0 Å². The van der Waals surface area contributed by atoms with Crippen LogP contribution in [0.3, 0.4) is 0 Å². The SMILES string of the molecule is Cc1c(N2CCC(CCN(C)C)CC2)nc2cccc(C3(CN)CCCCC3)c2c1C(N)=O.Cl.Cl.Cl. The molecule has 1 aliphatic carbocycles. The number of carbonyl (C=O) groups excluding carboxylic acids is 1. The van der Waals surface area contributed by atoms with Crippen molar-refractivity contribution in [3.63, 3.8) is 0 Å². The number of carbonyl (C=O) groups is 1. The second-order valence-corrected chi connectivity index (χ2v) is 10.6. The summed E-state index contributed by atoms with van der Waals surface area (Å²) in [6, 6.07) is 6.27. The van der Waals surface area contributed by atoms with Crippen LogP contribution in [0.25, 0.3) is 10.9 Å². The molecule has 4 N–H and O–H groups in total. The predicted molar refractivity (Wildman–Crippen MR) is 159 cm³/mol. The molecule has 0 bridgehead atoms. The molecule has 2 heterocycles. The molecular weight excluding hydrogens is 517 g/mol. The fourth-order valence-corrected chi connectivity index (χ4v) is 6.14. The van der Waals surface area contributed by atoms with Crippen LogP contribution in [-0.2, 0) is 5.41 Å². The molecule has 4 rings (SSSR count). The number of nitrogens with two attached hydrogens (primary N) is 2. The van der Waals surface area contributed by atoms with Gasteiger partial charge in [0.05, 0.1) is 11.1 Å². The number of rotatable bonds is 7. The molecule has 1 amide bonds. The smallest absolute Gasteiger partial charge is 0.249 e. The van der Waals surface area contributed by atoms with E-state index in [2.05, 4.69) is 36.0 Å². The van der Waals surface area contributed by atoms with Crippen LogP contribution in [-0.4, -0.2) is 56.1 Å². The molecule has 36 heavy (non-hydrogen) atoms. The number of halogens is 3. The summed E-state index contributed by atoms with van der Waals surface area (Å²) in [5.41, 5.74) is 15.9. The van der Waals surface area contributed by atoms with Crippen molar-refractivity contribution in [3.8, 4) is 0 Å². The van der Waals surface area contributed by atoms with Gasteiger partial charge in [-0.1, -0.05) is 31.4 Å². The molecule has 6 nitrogen and oxygen atoms in total. The summed E-state index contributed by atoms with van der Waals surface area (Å²) < 4.78 is 0. The summed E-state index contributed by atoms with van der Waals surface area (Å²) in [6.07, 6.45) is 9.28. The Hall–Kier alpha value is -1.31. The molecule has 2 aliphatic rings. The van der Waals surface area contributed by atoms with Crippen LogP contribution in [0.1, 0.15) is 72.9 Å². The lowest BCUT2D eigenvalue weighted by atomic mass is 9.68. The summed E-state index contributed by atoms with van der Waals surface area (Å²) in [7, 11) is 4.28. The maximum atomic E-state index is 12.8. The molecule has 1 saturated heterocycles. The van der Waals surface area contributed by atoms with Gasteiger partial charge in [-0.25, -0.2) is 4.98 Å². The Morgan fingerprint density at radius 1 is 1.11 bits per heavy atom. The molecule has 2 aromatic rings. The zero-order valence-electron chi connectivity index (χ0n) is 21.9. The highest BCUT2D eigenvalue weighted by atomic mass is 35.5. The Bertz CT molecular complexity index is 1000. The van der Waals surface area contributed by atoms with Crippen molar-refractivity contribution in [1.29, 1.82) is 0 Å². The number of hydrogen-bond donors (Lipinski definition) is 2. The van der Waals surface area contributed by atoms with Gasteiger partial charge in [0.15, 0.2) is 0 Å². The first-order valence-electron chi connectivity index (χ1n) is 12.7. The van der Waals surface area contributed by atoms with Crippen molar-refractivity contribution in [3.05, 3.63) is 34.9 Å². The van der Waals surface area contributed by atoms with E-state index in [-0.39, 0.29) is 48.5 Å². The van der Waals surface area contributed by atoms with Gasteiger partial charge in [0, 0.05) is 36.0 Å². The summed E-state index contributed by atoms with van der Waals surface area (Å²) in [4.78, 5) is 22.6. The fraction of sp³-hybridized carbons (Fsp3) is 0.630. The summed E-state index contributed by atoms with van der Waals surface area (Å²) >= 11 is 0. The minimum absolute atomic E-state index is 0. The van der Waals surface area contributed by atoms with Crippen LogP contribution in [0.2, 0.25) is 0 Å². The van der Waals surface area contributed by atoms with Crippen molar-refractivity contribution < 1.29 is 4.79 Å². The molecular formula is C27H44Cl3N5O. The Kier molecular flexibility index (Phi) is 12.7. The first-order chi connectivity index (χ1) is 15.9. The minimum atomic E-state index is -0.363. The number of nitrogens with zero attached hydrogens (tertiary/aromatic N) is 3. The number of primary amides is 1. The molecule has 204 valence electrons. The fourth-order valence-electron chi connectivity index (χ4n) is 6.14. The summed E-state index contributed by atoms with van der Waals surface area (Å²) in [6.45, 7) is 5.69. The molecule has 9 heteroatoms. The quantitative estimate of drug-likeness (QED) is 0.484. The second-order valence-electron chi connectivity index (χ2n) is 10.6. The van der Waals surface area contributed by atoms with Gasteiger partial charge in [0.1, 0.15) is 5.82 Å². The molecule has 1 saturated carbocycles. The van der Waals surface area contributed by atoms with Crippen molar-refractivity contribution >= 4 is 59.8 Å². The number of piperidine rings is 1. The van der Waals surface area contributed by atoms with E-state index in [0.717, 1.165) is 73.5 Å². The first-order valence-corrected chi connectivity index (χ1v) is 12.7. The number of amides is 1. The standard InChI is InChI=1S/C27H41N5O.3ClH/c1-19-23(25(29)33)24-21(27(18-28)13-5-4-6-14-27)8-7-9-22(24)30-26(19)32-16-11-20(12-17-32)10-15-31(2)3;;;/h7-9,20H,4-6,10-18,28H2,1-3H3,(H2,29,33);3*1H. The van der Waals surface area contributed by atoms with Crippen molar-refractivity contribution in [2.45, 2.75) is 63.7 Å². The highest BCUT2D eigenvalue weighted by Gasteiger charge is 2.36. The largest absolute Gasteiger partial charge is 0.366 e. The number of anilines is 1. The number of hydrogen-bond acceptors (Lipinski definition) is 5. The second kappa shape index (κ2) is 14.0.